The fourth-order valence-corrected chi connectivity index (χ4v) is 3.72. The van der Waals surface area contributed by atoms with Gasteiger partial charge in [0.1, 0.15) is 12.6 Å². The van der Waals surface area contributed by atoms with Crippen molar-refractivity contribution in [3.63, 3.8) is 0 Å². The zero-order valence-electron chi connectivity index (χ0n) is 17.3. The van der Waals surface area contributed by atoms with Gasteiger partial charge in [-0.25, -0.2) is 18.4 Å². The molecule has 2 aromatic rings. The number of carbonyl (C=O) groups excluding carboxylic acids is 2. The maximum absolute atomic E-state index is 12.9. The molecule has 0 heterocycles. The number of alkyl carbamates (subject to hydrolysis) is 1. The Morgan fingerprint density at radius 1 is 0.941 bits per heavy atom. The molecule has 3 N–H and O–H groups in total. The van der Waals surface area contributed by atoms with Gasteiger partial charge in [-0.05, 0) is 22.3 Å². The maximum atomic E-state index is 12.9. The van der Waals surface area contributed by atoms with Crippen LogP contribution in [0.3, 0.4) is 0 Å². The van der Waals surface area contributed by atoms with Crippen molar-refractivity contribution in [2.45, 2.75) is 37.0 Å². The van der Waals surface area contributed by atoms with Crippen molar-refractivity contribution in [1.29, 1.82) is 0 Å². The van der Waals surface area contributed by atoms with Crippen LogP contribution in [0.1, 0.15) is 23.5 Å². The molecule has 0 radical (unpaired) electrons. The summed E-state index contributed by atoms with van der Waals surface area (Å²) in [5, 5.41) is 11.6. The molecule has 1 aliphatic carbocycles. The van der Waals surface area contributed by atoms with E-state index in [0.717, 1.165) is 27.6 Å². The first-order valence-corrected chi connectivity index (χ1v) is 9.98. The largest absolute Gasteiger partial charge is 0.479 e. The Balaban J connectivity index is 1.69. The first-order valence-electron chi connectivity index (χ1n) is 9.98. The van der Waals surface area contributed by atoms with Gasteiger partial charge < -0.3 is 20.5 Å². The summed E-state index contributed by atoms with van der Waals surface area (Å²) in [6.45, 7) is -0.233. The zero-order valence-corrected chi connectivity index (χ0v) is 17.3. The van der Waals surface area contributed by atoms with E-state index in [2.05, 4.69) is 0 Å². The minimum absolute atomic E-state index is 0.233. The second kappa shape index (κ2) is 10.1. The van der Waals surface area contributed by atoms with Crippen molar-refractivity contribution < 1.29 is 46.2 Å². The van der Waals surface area contributed by atoms with Crippen molar-refractivity contribution >= 4 is 18.0 Å². The fourth-order valence-electron chi connectivity index (χ4n) is 3.72. The number of rotatable bonds is 8. The third-order valence-corrected chi connectivity index (χ3v) is 5.23. The molecule has 182 valence electrons. The molecule has 0 aliphatic heterocycles. The number of amides is 2. The third-order valence-electron chi connectivity index (χ3n) is 5.23. The number of carbonyl (C=O) groups is 3. The molecule has 7 nitrogen and oxygen atoms in total. The van der Waals surface area contributed by atoms with Crippen LogP contribution >= 0.6 is 0 Å². The lowest BCUT2D eigenvalue weighted by Gasteiger charge is -2.22. The first-order chi connectivity index (χ1) is 16.0. The number of hydrogen-bond acceptors (Lipinski definition) is 4. The van der Waals surface area contributed by atoms with Crippen molar-refractivity contribution in [3.8, 4) is 11.1 Å². The fraction of sp³-hybridized carbons (Fsp3) is 0.318. The summed E-state index contributed by atoms with van der Waals surface area (Å²) in [5.41, 5.74) is 3.56. The van der Waals surface area contributed by atoms with Crippen molar-refractivity contribution in [1.82, 2.24) is 10.6 Å². The quantitative estimate of drug-likeness (QED) is 0.494. The summed E-state index contributed by atoms with van der Waals surface area (Å²) in [5.74, 6) is -4.56. The third kappa shape index (κ3) is 5.61. The van der Waals surface area contributed by atoms with Crippen molar-refractivity contribution in [2.75, 3.05) is 6.61 Å². The smallest absolute Gasteiger partial charge is 0.419 e. The van der Waals surface area contributed by atoms with E-state index in [9.17, 15) is 36.3 Å². The van der Waals surface area contributed by atoms with E-state index in [1.165, 1.54) is 0 Å². The SMILES string of the molecule is O=C(NC(CC(F)F)C(=O)NC(C(=O)O)C(F)(F)F)OCC1c2ccccc2-c2ccccc21. The zero-order chi connectivity index (χ0) is 25.0. The van der Waals surface area contributed by atoms with E-state index in [0.29, 0.717) is 0 Å². The molecule has 2 amide bonds. The van der Waals surface area contributed by atoms with Gasteiger partial charge in [0.2, 0.25) is 18.4 Å². The highest BCUT2D eigenvalue weighted by molar-refractivity contribution is 5.89. The van der Waals surface area contributed by atoms with Gasteiger partial charge in [-0.15, -0.1) is 0 Å². The average molecular weight is 486 g/mol. The minimum Gasteiger partial charge on any atom is -0.479 e. The van der Waals surface area contributed by atoms with Crippen LogP contribution in [0, 0.1) is 0 Å². The van der Waals surface area contributed by atoms with Gasteiger partial charge in [-0.2, -0.15) is 13.2 Å². The molecular formula is C22H19F5N2O5. The standard InChI is InChI=1S/C22H19F5N2O5/c23-17(24)9-16(19(30)29-18(20(31)32)22(25,26)27)28-21(33)34-10-15-13-7-3-1-5-11(13)12-6-2-4-8-14(12)15/h1-8,15-18H,9-10H2,(H,28,33)(H,29,30)(H,31,32). The summed E-state index contributed by atoms with van der Waals surface area (Å²) >= 11 is 0. The van der Waals surface area contributed by atoms with Crippen LogP contribution in [0.2, 0.25) is 0 Å². The number of nitrogens with one attached hydrogen (secondary N) is 2. The van der Waals surface area contributed by atoms with Gasteiger partial charge in [0.05, 0.1) is 0 Å². The summed E-state index contributed by atoms with van der Waals surface area (Å²) < 4.78 is 69.3. The summed E-state index contributed by atoms with van der Waals surface area (Å²) in [6.07, 6.45) is -11.2. The predicted molar refractivity (Wildman–Crippen MR) is 108 cm³/mol. The van der Waals surface area contributed by atoms with E-state index in [1.807, 2.05) is 36.4 Å². The molecule has 0 aromatic heterocycles. The Hall–Kier alpha value is -3.70. The number of benzene rings is 2. The Morgan fingerprint density at radius 2 is 1.47 bits per heavy atom. The number of ether oxygens (including phenoxy) is 1. The van der Waals surface area contributed by atoms with Crippen molar-refractivity contribution in [2.24, 2.45) is 0 Å². The Labute approximate surface area is 189 Å². The lowest BCUT2D eigenvalue weighted by molar-refractivity contribution is -0.182. The van der Waals surface area contributed by atoms with E-state index in [-0.39, 0.29) is 12.5 Å². The van der Waals surface area contributed by atoms with Gasteiger partial charge in [0.15, 0.2) is 0 Å². The van der Waals surface area contributed by atoms with Crippen LogP contribution in [0.25, 0.3) is 11.1 Å². The molecule has 0 saturated carbocycles. The Kier molecular flexibility index (Phi) is 7.38. The Morgan fingerprint density at radius 3 is 1.94 bits per heavy atom. The Bertz CT molecular complexity index is 1030. The highest BCUT2D eigenvalue weighted by Crippen LogP contribution is 2.44. The molecule has 34 heavy (non-hydrogen) atoms. The first kappa shape index (κ1) is 24.9. The number of alkyl halides is 5. The van der Waals surface area contributed by atoms with E-state index in [4.69, 9.17) is 9.84 Å². The topological polar surface area (TPSA) is 105 Å². The van der Waals surface area contributed by atoms with Crippen LogP contribution in [0.15, 0.2) is 48.5 Å². The highest BCUT2D eigenvalue weighted by atomic mass is 19.4. The average Bonchev–Trinajstić information content (AvgIpc) is 3.08. The van der Waals surface area contributed by atoms with E-state index < -0.39 is 49.1 Å². The van der Waals surface area contributed by atoms with Crippen LogP contribution < -0.4 is 10.6 Å². The number of aliphatic carboxylic acids is 1. The monoisotopic (exact) mass is 486 g/mol. The highest BCUT2D eigenvalue weighted by Gasteiger charge is 2.47. The number of fused-ring (bicyclic) bond motifs is 3. The molecule has 2 aromatic carbocycles. The van der Waals surface area contributed by atoms with Crippen LogP contribution in [0.5, 0.6) is 0 Å². The summed E-state index contributed by atoms with van der Waals surface area (Å²) in [7, 11) is 0. The minimum atomic E-state index is -5.37. The number of hydrogen-bond donors (Lipinski definition) is 3. The van der Waals surface area contributed by atoms with Crippen LogP contribution in [0.4, 0.5) is 26.7 Å². The van der Waals surface area contributed by atoms with Gasteiger partial charge in [-0.3, -0.25) is 4.79 Å². The van der Waals surface area contributed by atoms with Crippen LogP contribution in [-0.2, 0) is 14.3 Å². The number of halogens is 5. The van der Waals surface area contributed by atoms with Crippen molar-refractivity contribution in [3.05, 3.63) is 59.7 Å². The number of carboxylic acids is 1. The molecule has 2 unspecified atom stereocenters. The molecule has 3 rings (SSSR count). The molecule has 0 spiro atoms. The molecule has 0 fully saturated rings. The molecule has 2 atom stereocenters. The van der Waals surface area contributed by atoms with Gasteiger partial charge >= 0.3 is 18.2 Å². The second-order valence-electron chi connectivity index (χ2n) is 7.47. The van der Waals surface area contributed by atoms with Crippen LogP contribution in [-0.4, -0.2) is 54.4 Å². The van der Waals surface area contributed by atoms with Gasteiger partial charge in [0.25, 0.3) is 0 Å². The van der Waals surface area contributed by atoms with E-state index >= 15 is 0 Å². The predicted octanol–water partition coefficient (Wildman–Crippen LogP) is 3.68. The van der Waals surface area contributed by atoms with Gasteiger partial charge in [-0.1, -0.05) is 48.5 Å². The lowest BCUT2D eigenvalue weighted by atomic mass is 9.98. The normalized spacial score (nSPS) is 14.6. The van der Waals surface area contributed by atoms with Gasteiger partial charge in [0, 0.05) is 12.3 Å². The maximum Gasteiger partial charge on any atom is 0.419 e. The summed E-state index contributed by atoms with van der Waals surface area (Å²) in [4.78, 5) is 35.1. The summed E-state index contributed by atoms with van der Waals surface area (Å²) in [6, 6.07) is 9.21. The molecule has 12 heteroatoms. The second-order valence-corrected chi connectivity index (χ2v) is 7.47. The molecule has 0 saturated heterocycles. The molecular weight excluding hydrogens is 467 g/mol. The molecule has 1 aliphatic rings. The van der Waals surface area contributed by atoms with E-state index in [1.54, 1.807) is 17.4 Å². The lowest BCUT2D eigenvalue weighted by Crippen LogP contribution is -2.56. The molecule has 0 bridgehead atoms. The number of carboxylic acid groups (broad SMARTS) is 1.